The maximum atomic E-state index is 6.49. The summed E-state index contributed by atoms with van der Waals surface area (Å²) in [6, 6.07) is 80.1. The molecule has 3 heterocycles. The Morgan fingerprint density at radius 3 is 1.48 bits per heavy atom. The average Bonchev–Trinajstić information content (AvgIpc) is 3.94. The average molecular weight is 761 g/mol. The molecule has 3 nitrogen and oxygen atoms in total. The molecular weight excluding hydrogens is 725 g/mol. The standard InChI is InChI=1S/C54H36N2OS/c1-4-17-37(18-5-1)55-49-28-13-10-25-43(49)45-32-31-42(34-51(45)55)58(39-20-6-2-7-21-39,40-22-8-3-9-23-40)41-24-16-19-38(33-41)56-50-29-14-11-26-44(50)47-35-48-46-27-12-15-30-53(46)57-54(48)36-52(47)56/h1-36H. The first-order valence-electron chi connectivity index (χ1n) is 19.7. The van der Waals surface area contributed by atoms with Gasteiger partial charge in [0, 0.05) is 69.3 Å². The minimum Gasteiger partial charge on any atom is -0.456 e. The van der Waals surface area contributed by atoms with Gasteiger partial charge in [0.05, 0.1) is 22.1 Å². The summed E-state index contributed by atoms with van der Waals surface area (Å²) in [7, 11) is -2.06. The van der Waals surface area contributed by atoms with Gasteiger partial charge in [-0.3, -0.25) is 0 Å². The van der Waals surface area contributed by atoms with Crippen LogP contribution in [0.1, 0.15) is 0 Å². The highest BCUT2D eigenvalue weighted by molar-refractivity contribution is 8.34. The highest BCUT2D eigenvalue weighted by Gasteiger charge is 2.34. The van der Waals surface area contributed by atoms with Crippen LogP contribution in [0.15, 0.2) is 242 Å². The summed E-state index contributed by atoms with van der Waals surface area (Å²) in [5.41, 5.74) is 8.75. The summed E-state index contributed by atoms with van der Waals surface area (Å²) >= 11 is 0. The van der Waals surface area contributed by atoms with Crippen LogP contribution in [0.2, 0.25) is 0 Å². The van der Waals surface area contributed by atoms with Crippen molar-refractivity contribution in [3.8, 4) is 11.4 Å². The Morgan fingerprint density at radius 1 is 0.276 bits per heavy atom. The number of aromatic nitrogens is 2. The summed E-state index contributed by atoms with van der Waals surface area (Å²) in [4.78, 5) is 5.11. The van der Waals surface area contributed by atoms with Gasteiger partial charge >= 0.3 is 0 Å². The molecule has 0 N–H and O–H groups in total. The molecule has 0 atom stereocenters. The highest BCUT2D eigenvalue weighted by atomic mass is 32.3. The van der Waals surface area contributed by atoms with E-state index in [1.165, 1.54) is 57.7 Å². The van der Waals surface area contributed by atoms with Gasteiger partial charge in [-0.05, 0) is 91.0 Å². The van der Waals surface area contributed by atoms with Gasteiger partial charge in [-0.1, -0.05) is 121 Å². The first kappa shape index (κ1) is 32.9. The molecule has 0 saturated carbocycles. The molecule has 12 aromatic rings. The molecule has 0 aliphatic heterocycles. The molecule has 0 aliphatic carbocycles. The van der Waals surface area contributed by atoms with Crippen molar-refractivity contribution in [3.05, 3.63) is 218 Å². The fourth-order valence-electron chi connectivity index (χ4n) is 9.34. The minimum absolute atomic E-state index is 0.893. The molecular formula is C54H36N2OS. The maximum Gasteiger partial charge on any atom is 0.137 e. The van der Waals surface area contributed by atoms with Crippen LogP contribution in [0.4, 0.5) is 0 Å². The number of fused-ring (bicyclic) bond motifs is 9. The second-order valence-corrected chi connectivity index (χ2v) is 18.0. The zero-order chi connectivity index (χ0) is 38.2. The number of rotatable bonds is 6. The van der Waals surface area contributed by atoms with Crippen molar-refractivity contribution in [2.75, 3.05) is 0 Å². The van der Waals surface area contributed by atoms with Crippen molar-refractivity contribution in [3.63, 3.8) is 0 Å². The van der Waals surface area contributed by atoms with Crippen LogP contribution in [-0.2, 0) is 0 Å². The Hall–Kier alpha value is -7.27. The van der Waals surface area contributed by atoms with E-state index in [0.717, 1.165) is 38.8 Å². The second kappa shape index (κ2) is 12.9. The van der Waals surface area contributed by atoms with Crippen molar-refractivity contribution in [2.45, 2.75) is 19.6 Å². The molecule has 0 bridgehead atoms. The van der Waals surface area contributed by atoms with Gasteiger partial charge in [-0.2, -0.15) is 0 Å². The van der Waals surface area contributed by atoms with Crippen LogP contribution >= 0.6 is 10.0 Å². The van der Waals surface area contributed by atoms with E-state index in [0.29, 0.717) is 0 Å². The van der Waals surface area contributed by atoms with Gasteiger partial charge in [0.1, 0.15) is 11.2 Å². The predicted octanol–water partition coefficient (Wildman–Crippen LogP) is 15.1. The van der Waals surface area contributed by atoms with Gasteiger partial charge in [-0.15, -0.1) is 10.0 Å². The van der Waals surface area contributed by atoms with E-state index in [4.69, 9.17) is 4.42 Å². The zero-order valence-corrected chi connectivity index (χ0v) is 32.3. The largest absolute Gasteiger partial charge is 0.456 e. The smallest absolute Gasteiger partial charge is 0.137 e. The third-order valence-electron chi connectivity index (χ3n) is 11.8. The molecule has 4 heteroatoms. The number of hydrogen-bond acceptors (Lipinski definition) is 1. The molecule has 58 heavy (non-hydrogen) atoms. The van der Waals surface area contributed by atoms with Crippen LogP contribution in [0.5, 0.6) is 0 Å². The van der Waals surface area contributed by atoms with E-state index in [9.17, 15) is 0 Å². The van der Waals surface area contributed by atoms with E-state index in [-0.39, 0.29) is 0 Å². The molecule has 0 saturated heterocycles. The molecule has 3 aromatic heterocycles. The first-order chi connectivity index (χ1) is 28.8. The lowest BCUT2D eigenvalue weighted by molar-refractivity contribution is 0.669. The van der Waals surface area contributed by atoms with E-state index in [1.54, 1.807) is 0 Å². The monoisotopic (exact) mass is 760 g/mol. The maximum absolute atomic E-state index is 6.49. The first-order valence-corrected chi connectivity index (χ1v) is 21.4. The zero-order valence-electron chi connectivity index (χ0n) is 31.5. The third kappa shape index (κ3) is 4.76. The fourth-order valence-corrected chi connectivity index (χ4v) is 13.2. The van der Waals surface area contributed by atoms with E-state index in [1.807, 2.05) is 6.07 Å². The fraction of sp³-hybridized carbons (Fsp3) is 0. The summed E-state index contributed by atoms with van der Waals surface area (Å²) in [5.74, 6) is 0. The van der Waals surface area contributed by atoms with Crippen molar-refractivity contribution in [2.24, 2.45) is 0 Å². The van der Waals surface area contributed by atoms with E-state index < -0.39 is 10.0 Å². The Kier molecular flexibility index (Phi) is 7.31. The van der Waals surface area contributed by atoms with Gasteiger partial charge in [0.15, 0.2) is 0 Å². The van der Waals surface area contributed by atoms with Crippen LogP contribution in [0.3, 0.4) is 0 Å². The molecule has 9 aromatic carbocycles. The molecule has 0 spiro atoms. The lowest BCUT2D eigenvalue weighted by Gasteiger charge is -2.42. The quantitative estimate of drug-likeness (QED) is 0.166. The number of furan rings is 1. The normalized spacial score (nSPS) is 12.4. The van der Waals surface area contributed by atoms with Crippen LogP contribution in [0, 0.1) is 0 Å². The highest BCUT2D eigenvalue weighted by Crippen LogP contribution is 2.74. The second-order valence-electron chi connectivity index (χ2n) is 14.9. The summed E-state index contributed by atoms with van der Waals surface area (Å²) in [5, 5.41) is 7.21. The van der Waals surface area contributed by atoms with Crippen molar-refractivity contribution in [1.29, 1.82) is 0 Å². The molecule has 274 valence electrons. The van der Waals surface area contributed by atoms with Crippen LogP contribution in [0.25, 0.3) is 76.9 Å². The van der Waals surface area contributed by atoms with Crippen molar-refractivity contribution < 1.29 is 4.42 Å². The molecule has 0 fully saturated rings. The van der Waals surface area contributed by atoms with Gasteiger partial charge in [-0.25, -0.2) is 0 Å². The van der Waals surface area contributed by atoms with Crippen LogP contribution in [-0.4, -0.2) is 9.13 Å². The molecule has 0 radical (unpaired) electrons. The van der Waals surface area contributed by atoms with Gasteiger partial charge < -0.3 is 13.6 Å². The van der Waals surface area contributed by atoms with Gasteiger partial charge in [0.25, 0.3) is 0 Å². The number of benzene rings is 9. The summed E-state index contributed by atoms with van der Waals surface area (Å²) in [6.07, 6.45) is 0. The van der Waals surface area contributed by atoms with Crippen molar-refractivity contribution in [1.82, 2.24) is 9.13 Å². The number of nitrogens with zero attached hydrogens (tertiary/aromatic N) is 2. The Labute approximate surface area is 336 Å². The Bertz CT molecular complexity index is 3470. The summed E-state index contributed by atoms with van der Waals surface area (Å²) < 4.78 is 11.3. The Morgan fingerprint density at radius 2 is 0.776 bits per heavy atom. The molecule has 12 rings (SSSR count). The number of hydrogen-bond donors (Lipinski definition) is 0. The van der Waals surface area contributed by atoms with Crippen molar-refractivity contribution >= 4 is 75.6 Å². The van der Waals surface area contributed by atoms with E-state index >= 15 is 0 Å². The van der Waals surface area contributed by atoms with Crippen LogP contribution < -0.4 is 0 Å². The lowest BCUT2D eigenvalue weighted by atomic mass is 10.1. The molecule has 0 amide bonds. The van der Waals surface area contributed by atoms with Gasteiger partial charge in [0.2, 0.25) is 0 Å². The third-order valence-corrected chi connectivity index (χ3v) is 15.7. The predicted molar refractivity (Wildman–Crippen MR) is 242 cm³/mol. The minimum atomic E-state index is -2.06. The number of para-hydroxylation sites is 4. The molecule has 0 unspecified atom stereocenters. The SMILES string of the molecule is c1ccc(-n2c3ccccc3c3ccc(S(c4ccccc4)(c4ccccc4)c4cccc(-n5c6ccccc6c6cc7c(cc65)oc5ccccc57)c4)cc32)cc1. The van der Waals surface area contributed by atoms with E-state index in [2.05, 4.69) is 221 Å². The topological polar surface area (TPSA) is 23.0 Å². The Balaban J connectivity index is 1.17. The summed E-state index contributed by atoms with van der Waals surface area (Å²) in [6.45, 7) is 0. The molecule has 0 aliphatic rings. The lowest BCUT2D eigenvalue weighted by Crippen LogP contribution is -2.06.